The van der Waals surface area contributed by atoms with Crippen molar-refractivity contribution in [1.82, 2.24) is 10.3 Å². The molecule has 0 unspecified atom stereocenters. The van der Waals surface area contributed by atoms with Gasteiger partial charge in [-0.25, -0.2) is 4.98 Å². The van der Waals surface area contributed by atoms with Crippen LogP contribution < -0.4 is 10.1 Å². The highest BCUT2D eigenvalue weighted by molar-refractivity contribution is 5.97. The van der Waals surface area contributed by atoms with Gasteiger partial charge in [0.15, 0.2) is 17.8 Å². The first-order chi connectivity index (χ1) is 10.8. The van der Waals surface area contributed by atoms with E-state index < -0.39 is 0 Å². The third-order valence-corrected chi connectivity index (χ3v) is 3.11. The molecule has 0 saturated carbocycles. The van der Waals surface area contributed by atoms with Crippen LogP contribution in [0.3, 0.4) is 0 Å². The van der Waals surface area contributed by atoms with E-state index >= 15 is 0 Å². The topological polar surface area (TPSA) is 77.5 Å². The number of furan rings is 1. The second-order valence-electron chi connectivity index (χ2n) is 4.54. The van der Waals surface area contributed by atoms with E-state index in [1.54, 1.807) is 19.2 Å². The largest absolute Gasteiger partial charge is 0.497 e. The highest BCUT2D eigenvalue weighted by atomic mass is 16.5. The van der Waals surface area contributed by atoms with Gasteiger partial charge in [0, 0.05) is 6.54 Å². The fourth-order valence-electron chi connectivity index (χ4n) is 2.04. The van der Waals surface area contributed by atoms with Crippen LogP contribution in [0.1, 0.15) is 16.1 Å². The van der Waals surface area contributed by atoms with Gasteiger partial charge in [-0.1, -0.05) is 12.1 Å². The van der Waals surface area contributed by atoms with Crippen molar-refractivity contribution in [3.05, 3.63) is 60.3 Å². The number of hydrogen-bond acceptors (Lipinski definition) is 5. The van der Waals surface area contributed by atoms with Gasteiger partial charge in [-0.05, 0) is 29.8 Å². The van der Waals surface area contributed by atoms with Crippen molar-refractivity contribution < 1.29 is 18.4 Å². The molecule has 2 aromatic heterocycles. The first kappa shape index (κ1) is 13.9. The van der Waals surface area contributed by atoms with E-state index in [2.05, 4.69) is 10.3 Å². The van der Waals surface area contributed by atoms with Crippen molar-refractivity contribution in [1.29, 1.82) is 0 Å². The first-order valence-electron chi connectivity index (χ1n) is 6.66. The Morgan fingerprint density at radius 2 is 2.18 bits per heavy atom. The van der Waals surface area contributed by atoms with E-state index in [4.69, 9.17) is 13.6 Å². The van der Waals surface area contributed by atoms with Crippen molar-refractivity contribution in [2.45, 2.75) is 6.54 Å². The van der Waals surface area contributed by atoms with Crippen LogP contribution in [0.4, 0.5) is 0 Å². The van der Waals surface area contributed by atoms with Crippen LogP contribution in [0.5, 0.6) is 5.75 Å². The maximum absolute atomic E-state index is 12.2. The van der Waals surface area contributed by atoms with Crippen molar-refractivity contribution in [3.63, 3.8) is 0 Å². The molecule has 0 saturated heterocycles. The molecule has 3 aromatic rings. The molecular weight excluding hydrogens is 284 g/mol. The summed E-state index contributed by atoms with van der Waals surface area (Å²) in [6, 6.07) is 10.9. The van der Waals surface area contributed by atoms with Gasteiger partial charge in [-0.2, -0.15) is 0 Å². The summed E-state index contributed by atoms with van der Waals surface area (Å²) in [6.07, 6.45) is 2.73. The van der Waals surface area contributed by atoms with Gasteiger partial charge in [0.1, 0.15) is 5.75 Å². The van der Waals surface area contributed by atoms with Crippen LogP contribution in [-0.4, -0.2) is 18.0 Å². The van der Waals surface area contributed by atoms with Gasteiger partial charge in [-0.15, -0.1) is 0 Å². The third kappa shape index (κ3) is 2.85. The van der Waals surface area contributed by atoms with Crippen LogP contribution in [0.2, 0.25) is 0 Å². The number of nitrogens with zero attached hydrogens (tertiary/aromatic N) is 1. The van der Waals surface area contributed by atoms with Gasteiger partial charge < -0.3 is 18.9 Å². The number of aromatic nitrogens is 1. The van der Waals surface area contributed by atoms with Crippen LogP contribution in [-0.2, 0) is 6.54 Å². The molecule has 112 valence electrons. The standard InChI is InChI=1S/C16H14N2O4/c1-20-12-5-2-4-11(8-12)9-17-16(19)14-15(22-10-18-14)13-6-3-7-21-13/h2-8,10H,9H2,1H3,(H,17,19). The van der Waals surface area contributed by atoms with Gasteiger partial charge in [-0.3, -0.25) is 4.79 Å². The number of rotatable bonds is 5. The molecule has 22 heavy (non-hydrogen) atoms. The normalized spacial score (nSPS) is 10.4. The molecule has 0 bridgehead atoms. The zero-order chi connectivity index (χ0) is 15.4. The number of carbonyl (C=O) groups excluding carboxylic acids is 1. The lowest BCUT2D eigenvalue weighted by Crippen LogP contribution is -2.23. The van der Waals surface area contributed by atoms with Crippen molar-refractivity contribution in [2.75, 3.05) is 7.11 Å². The summed E-state index contributed by atoms with van der Waals surface area (Å²) >= 11 is 0. The van der Waals surface area contributed by atoms with Gasteiger partial charge in [0.2, 0.25) is 5.76 Å². The maximum Gasteiger partial charge on any atom is 0.274 e. The third-order valence-electron chi connectivity index (χ3n) is 3.11. The molecule has 0 aliphatic carbocycles. The number of amides is 1. The summed E-state index contributed by atoms with van der Waals surface area (Å²) in [5, 5.41) is 2.80. The lowest BCUT2D eigenvalue weighted by Gasteiger charge is -2.06. The fourth-order valence-corrected chi connectivity index (χ4v) is 2.04. The van der Waals surface area contributed by atoms with Crippen LogP contribution in [0.15, 0.2) is 57.9 Å². The maximum atomic E-state index is 12.2. The second-order valence-corrected chi connectivity index (χ2v) is 4.54. The minimum atomic E-state index is -0.331. The molecule has 0 spiro atoms. The van der Waals surface area contributed by atoms with E-state index in [9.17, 15) is 4.79 Å². The molecule has 0 fully saturated rings. The monoisotopic (exact) mass is 298 g/mol. The Hall–Kier alpha value is -3.02. The SMILES string of the molecule is COc1cccc(CNC(=O)c2ncoc2-c2ccco2)c1. The van der Waals surface area contributed by atoms with E-state index in [0.717, 1.165) is 11.3 Å². The van der Waals surface area contributed by atoms with Crippen molar-refractivity contribution >= 4 is 5.91 Å². The zero-order valence-corrected chi connectivity index (χ0v) is 11.9. The number of hydrogen-bond donors (Lipinski definition) is 1. The highest BCUT2D eigenvalue weighted by Crippen LogP contribution is 2.23. The molecular formula is C16H14N2O4. The number of nitrogens with one attached hydrogen (secondary N) is 1. The Bertz CT molecular complexity index is 762. The predicted molar refractivity (Wildman–Crippen MR) is 78.4 cm³/mol. The first-order valence-corrected chi connectivity index (χ1v) is 6.66. The van der Waals surface area contributed by atoms with Gasteiger partial charge >= 0.3 is 0 Å². The number of ether oxygens (including phenoxy) is 1. The number of carbonyl (C=O) groups is 1. The minimum absolute atomic E-state index is 0.192. The highest BCUT2D eigenvalue weighted by Gasteiger charge is 2.19. The van der Waals surface area contributed by atoms with Gasteiger partial charge in [0.05, 0.1) is 13.4 Å². The summed E-state index contributed by atoms with van der Waals surface area (Å²) in [7, 11) is 1.60. The van der Waals surface area contributed by atoms with Crippen LogP contribution in [0, 0.1) is 0 Å². The number of benzene rings is 1. The molecule has 6 heteroatoms. The average molecular weight is 298 g/mol. The van der Waals surface area contributed by atoms with Gasteiger partial charge in [0.25, 0.3) is 5.91 Å². The lowest BCUT2D eigenvalue weighted by atomic mass is 10.2. The summed E-state index contributed by atoms with van der Waals surface area (Å²) in [6.45, 7) is 0.362. The predicted octanol–water partition coefficient (Wildman–Crippen LogP) is 2.87. The summed E-state index contributed by atoms with van der Waals surface area (Å²) in [5.74, 6) is 1.18. The number of oxazole rings is 1. The second kappa shape index (κ2) is 6.17. The van der Waals surface area contributed by atoms with Crippen LogP contribution >= 0.6 is 0 Å². The molecule has 0 aliphatic rings. The van der Waals surface area contributed by atoms with E-state index in [0.29, 0.717) is 18.1 Å². The minimum Gasteiger partial charge on any atom is -0.497 e. The molecule has 1 N–H and O–H groups in total. The Balaban J connectivity index is 1.71. The molecule has 3 rings (SSSR count). The van der Waals surface area contributed by atoms with Crippen molar-refractivity contribution in [3.8, 4) is 17.3 Å². The van der Waals surface area contributed by atoms with Crippen LogP contribution in [0.25, 0.3) is 11.5 Å². The molecule has 2 heterocycles. The summed E-state index contributed by atoms with van der Waals surface area (Å²) in [4.78, 5) is 16.2. The summed E-state index contributed by atoms with van der Waals surface area (Å²) in [5.41, 5.74) is 1.12. The Morgan fingerprint density at radius 1 is 1.27 bits per heavy atom. The summed E-state index contributed by atoms with van der Waals surface area (Å²) < 4.78 is 15.6. The Kier molecular flexibility index (Phi) is 3.91. The quantitative estimate of drug-likeness (QED) is 0.783. The molecule has 1 amide bonds. The Morgan fingerprint density at radius 3 is 2.95 bits per heavy atom. The molecule has 0 aliphatic heterocycles. The van der Waals surface area contributed by atoms with E-state index in [1.807, 2.05) is 24.3 Å². The van der Waals surface area contributed by atoms with E-state index in [-0.39, 0.29) is 11.6 Å². The smallest absolute Gasteiger partial charge is 0.274 e. The molecule has 1 aromatic carbocycles. The number of methoxy groups -OCH3 is 1. The fraction of sp³-hybridized carbons (Fsp3) is 0.125. The lowest BCUT2D eigenvalue weighted by molar-refractivity contribution is 0.0946. The molecule has 0 radical (unpaired) electrons. The average Bonchev–Trinajstić information content (AvgIpc) is 3.23. The zero-order valence-electron chi connectivity index (χ0n) is 11.9. The molecule has 6 nitrogen and oxygen atoms in total. The molecule has 0 atom stereocenters. The van der Waals surface area contributed by atoms with Crippen molar-refractivity contribution in [2.24, 2.45) is 0 Å². The van der Waals surface area contributed by atoms with E-state index in [1.165, 1.54) is 12.7 Å². The Labute approximate surface area is 126 Å².